The third kappa shape index (κ3) is 7.51. The summed E-state index contributed by atoms with van der Waals surface area (Å²) >= 11 is 2.22. The van der Waals surface area contributed by atoms with E-state index in [0.717, 1.165) is 34.8 Å². The van der Waals surface area contributed by atoms with E-state index in [-0.39, 0.29) is 37.1 Å². The van der Waals surface area contributed by atoms with Crippen LogP contribution in [0.3, 0.4) is 0 Å². The molecule has 1 saturated carbocycles. The highest BCUT2D eigenvalue weighted by Crippen LogP contribution is 2.19. The molecule has 0 aromatic heterocycles. The molecule has 0 aliphatic heterocycles. The van der Waals surface area contributed by atoms with Crippen molar-refractivity contribution in [2.75, 3.05) is 13.2 Å². The van der Waals surface area contributed by atoms with Crippen LogP contribution in [0.4, 0.5) is 0 Å². The normalized spacial score (nSPS) is 18.3. The van der Waals surface area contributed by atoms with Crippen LogP contribution in [0.15, 0.2) is 48.5 Å². The molecule has 30 heavy (non-hydrogen) atoms. The molecule has 1 aliphatic rings. The molecule has 2 amide bonds. The summed E-state index contributed by atoms with van der Waals surface area (Å²) in [5, 5.41) is 6.05. The van der Waals surface area contributed by atoms with Gasteiger partial charge < -0.3 is 20.1 Å². The molecule has 0 heterocycles. The van der Waals surface area contributed by atoms with Gasteiger partial charge in [-0.2, -0.15) is 0 Å². The summed E-state index contributed by atoms with van der Waals surface area (Å²) in [6.45, 7) is 2.02. The minimum Gasteiger partial charge on any atom is -0.484 e. The van der Waals surface area contributed by atoms with Crippen LogP contribution in [0.5, 0.6) is 11.5 Å². The van der Waals surface area contributed by atoms with Gasteiger partial charge in [-0.25, -0.2) is 0 Å². The Hall–Kier alpha value is -2.29. The van der Waals surface area contributed by atoms with Gasteiger partial charge in [0.15, 0.2) is 13.2 Å². The second kappa shape index (κ2) is 11.2. The number of ether oxygens (including phenoxy) is 2. The predicted molar refractivity (Wildman–Crippen MR) is 124 cm³/mol. The summed E-state index contributed by atoms with van der Waals surface area (Å²) in [6, 6.07) is 15.5. The Morgan fingerprint density at radius 2 is 1.20 bits per heavy atom. The van der Waals surface area contributed by atoms with Crippen molar-refractivity contribution >= 4 is 34.4 Å². The van der Waals surface area contributed by atoms with Gasteiger partial charge in [-0.15, -0.1) is 0 Å². The van der Waals surface area contributed by atoms with Crippen LogP contribution in [0.25, 0.3) is 0 Å². The highest BCUT2D eigenvalue weighted by Gasteiger charge is 2.23. The van der Waals surface area contributed by atoms with Gasteiger partial charge in [0.25, 0.3) is 11.8 Å². The second-order valence-electron chi connectivity index (χ2n) is 7.53. The van der Waals surface area contributed by atoms with Gasteiger partial charge >= 0.3 is 0 Å². The standard InChI is InChI=1S/C23H27IN2O4/c1-16-2-10-20(11-3-16)29-14-22(27)25-18-6-8-19(9-7-18)26-23(28)15-30-21-12-4-17(24)5-13-21/h2-5,10-13,18-19H,6-9,14-15H2,1H3,(H,25,27)(H,26,28)/t18-,19-. The van der Waals surface area contributed by atoms with E-state index in [4.69, 9.17) is 9.47 Å². The van der Waals surface area contributed by atoms with Crippen LogP contribution in [0.2, 0.25) is 0 Å². The summed E-state index contributed by atoms with van der Waals surface area (Å²) in [5.74, 6) is 1.14. The Bertz CT molecular complexity index is 760. The fourth-order valence-corrected chi connectivity index (χ4v) is 3.74. The zero-order chi connectivity index (χ0) is 21.3. The van der Waals surface area contributed by atoms with E-state index >= 15 is 0 Å². The number of carbonyl (C=O) groups is 2. The fourth-order valence-electron chi connectivity index (χ4n) is 3.38. The lowest BCUT2D eigenvalue weighted by Gasteiger charge is -2.29. The maximum Gasteiger partial charge on any atom is 0.258 e. The van der Waals surface area contributed by atoms with E-state index in [1.807, 2.05) is 55.5 Å². The molecule has 2 aromatic rings. The molecule has 160 valence electrons. The molecule has 0 spiro atoms. The second-order valence-corrected chi connectivity index (χ2v) is 8.77. The van der Waals surface area contributed by atoms with Gasteiger partial charge in [0.05, 0.1) is 0 Å². The van der Waals surface area contributed by atoms with Crippen LogP contribution < -0.4 is 20.1 Å². The van der Waals surface area contributed by atoms with Gasteiger partial charge in [0, 0.05) is 15.7 Å². The molecule has 7 heteroatoms. The molecule has 0 unspecified atom stereocenters. The molecule has 0 atom stereocenters. The molecule has 0 radical (unpaired) electrons. The number of carbonyl (C=O) groups excluding carboxylic acids is 2. The highest BCUT2D eigenvalue weighted by molar-refractivity contribution is 14.1. The highest BCUT2D eigenvalue weighted by atomic mass is 127. The molecule has 6 nitrogen and oxygen atoms in total. The molecular formula is C23H27IN2O4. The van der Waals surface area contributed by atoms with Gasteiger partial charge in [-0.1, -0.05) is 17.7 Å². The lowest BCUT2D eigenvalue weighted by atomic mass is 9.91. The zero-order valence-electron chi connectivity index (χ0n) is 17.0. The summed E-state index contributed by atoms with van der Waals surface area (Å²) < 4.78 is 12.2. The number of nitrogens with one attached hydrogen (secondary N) is 2. The van der Waals surface area contributed by atoms with E-state index in [1.54, 1.807) is 0 Å². The Labute approximate surface area is 190 Å². The zero-order valence-corrected chi connectivity index (χ0v) is 19.2. The van der Waals surface area contributed by atoms with Crippen molar-refractivity contribution in [3.8, 4) is 11.5 Å². The van der Waals surface area contributed by atoms with Crippen molar-refractivity contribution in [1.29, 1.82) is 0 Å². The monoisotopic (exact) mass is 522 g/mol. The Morgan fingerprint density at radius 1 is 0.800 bits per heavy atom. The quantitative estimate of drug-likeness (QED) is 0.520. The van der Waals surface area contributed by atoms with Gasteiger partial charge in [-0.3, -0.25) is 9.59 Å². The van der Waals surface area contributed by atoms with Gasteiger partial charge in [0.2, 0.25) is 0 Å². The van der Waals surface area contributed by atoms with Gasteiger partial charge in [0.1, 0.15) is 11.5 Å². The molecule has 0 saturated heterocycles. The van der Waals surface area contributed by atoms with Crippen molar-refractivity contribution in [2.45, 2.75) is 44.7 Å². The largest absolute Gasteiger partial charge is 0.484 e. The van der Waals surface area contributed by atoms with Crippen LogP contribution in [-0.2, 0) is 9.59 Å². The third-order valence-corrected chi connectivity index (χ3v) is 5.75. The minimum atomic E-state index is -0.118. The average Bonchev–Trinajstić information content (AvgIpc) is 2.74. The van der Waals surface area contributed by atoms with Crippen molar-refractivity contribution < 1.29 is 19.1 Å². The number of halogens is 1. The van der Waals surface area contributed by atoms with Crippen molar-refractivity contribution in [3.05, 3.63) is 57.7 Å². The lowest BCUT2D eigenvalue weighted by Crippen LogP contribution is -2.45. The SMILES string of the molecule is Cc1ccc(OCC(=O)N[C@H]2CC[C@H](NC(=O)COc3ccc(I)cc3)CC2)cc1. The maximum atomic E-state index is 12.1. The minimum absolute atomic E-state index is 0.00755. The van der Waals surface area contributed by atoms with Crippen LogP contribution in [-0.4, -0.2) is 37.1 Å². The molecule has 0 bridgehead atoms. The Morgan fingerprint density at radius 3 is 1.63 bits per heavy atom. The van der Waals surface area contributed by atoms with Crippen LogP contribution in [0, 0.1) is 10.5 Å². The number of hydrogen-bond donors (Lipinski definition) is 2. The topological polar surface area (TPSA) is 76.7 Å². The maximum absolute atomic E-state index is 12.1. The van der Waals surface area contributed by atoms with Crippen molar-refractivity contribution in [3.63, 3.8) is 0 Å². The van der Waals surface area contributed by atoms with Gasteiger partial charge in [-0.05, 0) is 91.6 Å². The van der Waals surface area contributed by atoms with Crippen molar-refractivity contribution in [2.24, 2.45) is 0 Å². The first-order valence-electron chi connectivity index (χ1n) is 10.1. The molecular weight excluding hydrogens is 495 g/mol. The van der Waals surface area contributed by atoms with Crippen molar-refractivity contribution in [1.82, 2.24) is 10.6 Å². The number of benzene rings is 2. The predicted octanol–water partition coefficient (Wildman–Crippen LogP) is 3.60. The molecule has 1 fully saturated rings. The van der Waals surface area contributed by atoms with E-state index in [9.17, 15) is 9.59 Å². The Kier molecular flexibility index (Phi) is 8.36. The van der Waals surface area contributed by atoms with E-state index in [1.165, 1.54) is 0 Å². The molecule has 2 aromatic carbocycles. The number of amides is 2. The summed E-state index contributed by atoms with van der Waals surface area (Å²) in [4.78, 5) is 24.3. The lowest BCUT2D eigenvalue weighted by molar-refractivity contribution is -0.125. The Balaban J connectivity index is 1.31. The number of aryl methyl sites for hydroxylation is 1. The smallest absolute Gasteiger partial charge is 0.258 e. The van der Waals surface area contributed by atoms with E-state index in [0.29, 0.717) is 11.5 Å². The first-order chi connectivity index (χ1) is 14.5. The number of hydrogen-bond acceptors (Lipinski definition) is 4. The molecule has 2 N–H and O–H groups in total. The van der Waals surface area contributed by atoms with Crippen LogP contribution in [0.1, 0.15) is 31.2 Å². The fraction of sp³-hybridized carbons (Fsp3) is 0.391. The third-order valence-electron chi connectivity index (χ3n) is 5.03. The van der Waals surface area contributed by atoms with Crippen LogP contribution >= 0.6 is 22.6 Å². The van der Waals surface area contributed by atoms with E-state index < -0.39 is 0 Å². The molecule has 3 rings (SSSR count). The summed E-state index contributed by atoms with van der Waals surface area (Å²) in [6.07, 6.45) is 3.33. The summed E-state index contributed by atoms with van der Waals surface area (Å²) in [5.41, 5.74) is 1.15. The summed E-state index contributed by atoms with van der Waals surface area (Å²) in [7, 11) is 0. The first kappa shape index (κ1) is 22.4. The van der Waals surface area contributed by atoms with E-state index in [2.05, 4.69) is 33.2 Å². The number of rotatable bonds is 8. The molecule has 1 aliphatic carbocycles. The average molecular weight is 522 g/mol. The first-order valence-corrected chi connectivity index (χ1v) is 11.2.